The smallest absolute Gasteiger partial charge is 0.245 e. The predicted molar refractivity (Wildman–Crippen MR) is 89.6 cm³/mol. The molecule has 3 saturated heterocycles. The topological polar surface area (TPSA) is 56.1 Å². The third kappa shape index (κ3) is 2.56. The Hall–Kier alpha value is -0.820. The number of hydrogen-bond acceptors (Lipinski definition) is 6. The molecule has 0 radical (unpaired) electrons. The molecule has 1 aliphatic carbocycles. The zero-order valence-corrected chi connectivity index (χ0v) is 14.4. The zero-order valence-electron chi connectivity index (χ0n) is 13.6. The number of rotatable bonds is 3. The van der Waals surface area contributed by atoms with Crippen LogP contribution in [0.1, 0.15) is 38.5 Å². The van der Waals surface area contributed by atoms with Crippen LogP contribution in [0.4, 0.5) is 5.95 Å². The number of anilines is 1. The van der Waals surface area contributed by atoms with Crippen LogP contribution in [0.15, 0.2) is 0 Å². The monoisotopic (exact) mass is 335 g/mol. The largest absolute Gasteiger partial charge is 0.370 e. The summed E-state index contributed by atoms with van der Waals surface area (Å²) >= 11 is 2.10. The number of ether oxygens (including phenoxy) is 1. The maximum absolute atomic E-state index is 6.44. The van der Waals surface area contributed by atoms with Gasteiger partial charge in [0.25, 0.3) is 0 Å². The van der Waals surface area contributed by atoms with Crippen molar-refractivity contribution in [2.24, 2.45) is 11.8 Å². The van der Waals surface area contributed by atoms with E-state index in [2.05, 4.69) is 32.2 Å². The van der Waals surface area contributed by atoms with E-state index in [1.54, 1.807) is 0 Å². The third-order valence-electron chi connectivity index (χ3n) is 6.25. The Bertz CT molecular complexity index is 563. The summed E-state index contributed by atoms with van der Waals surface area (Å²) in [5.74, 6) is 5.22. The summed E-state index contributed by atoms with van der Waals surface area (Å²) in [5.41, 5.74) is 0.207. The van der Waals surface area contributed by atoms with Crippen molar-refractivity contribution in [3.63, 3.8) is 0 Å². The van der Waals surface area contributed by atoms with Gasteiger partial charge in [0.15, 0.2) is 0 Å². The Morgan fingerprint density at radius 1 is 1.13 bits per heavy atom. The molecule has 126 valence electrons. The molecule has 0 N–H and O–H groups in total. The molecule has 1 aromatic rings. The first-order chi connectivity index (χ1) is 11.3. The van der Waals surface area contributed by atoms with E-state index in [-0.39, 0.29) is 11.7 Å². The lowest BCUT2D eigenvalue weighted by Crippen LogP contribution is -2.47. The number of aromatic nitrogens is 4. The lowest BCUT2D eigenvalue weighted by Gasteiger charge is -2.47. The van der Waals surface area contributed by atoms with Crippen LogP contribution >= 0.6 is 11.8 Å². The minimum atomic E-state index is 0.207. The number of nitrogens with zero attached hydrogens (tertiary/aromatic N) is 5. The maximum atomic E-state index is 6.44. The molecule has 3 aliphatic heterocycles. The van der Waals surface area contributed by atoms with Crippen molar-refractivity contribution in [2.45, 2.75) is 56.8 Å². The van der Waals surface area contributed by atoms with Crippen molar-refractivity contribution in [3.05, 3.63) is 0 Å². The van der Waals surface area contributed by atoms with E-state index < -0.39 is 0 Å². The van der Waals surface area contributed by atoms with Crippen molar-refractivity contribution in [1.82, 2.24) is 20.2 Å². The second kappa shape index (κ2) is 5.62. The van der Waals surface area contributed by atoms with Crippen molar-refractivity contribution in [1.29, 1.82) is 0 Å². The molecule has 5 rings (SSSR count). The average molecular weight is 335 g/mol. The van der Waals surface area contributed by atoms with Crippen molar-refractivity contribution >= 4 is 17.7 Å². The Morgan fingerprint density at radius 2 is 1.91 bits per heavy atom. The maximum Gasteiger partial charge on any atom is 0.245 e. The van der Waals surface area contributed by atoms with Gasteiger partial charge in [0.2, 0.25) is 5.95 Å². The second-order valence-corrected chi connectivity index (χ2v) is 8.87. The summed E-state index contributed by atoms with van der Waals surface area (Å²) < 4.78 is 8.43. The summed E-state index contributed by atoms with van der Waals surface area (Å²) in [4.78, 5) is 2.40. The number of thioether (sulfide) groups is 1. The molecular weight excluding hydrogens is 310 g/mol. The van der Waals surface area contributed by atoms with Crippen LogP contribution in [0.3, 0.4) is 0 Å². The van der Waals surface area contributed by atoms with E-state index in [0.717, 1.165) is 43.8 Å². The molecule has 1 aromatic heterocycles. The predicted octanol–water partition coefficient (Wildman–Crippen LogP) is 1.96. The summed E-state index contributed by atoms with van der Waals surface area (Å²) in [6, 6.07) is 0. The molecule has 6 nitrogen and oxygen atoms in total. The normalized spacial score (nSPS) is 35.5. The van der Waals surface area contributed by atoms with Gasteiger partial charge < -0.3 is 9.64 Å². The minimum Gasteiger partial charge on any atom is -0.370 e. The highest BCUT2D eigenvalue weighted by Crippen LogP contribution is 2.44. The summed E-state index contributed by atoms with van der Waals surface area (Å²) in [6.07, 6.45) is 7.79. The van der Waals surface area contributed by atoms with Gasteiger partial charge in [0.05, 0.1) is 18.2 Å². The molecule has 4 heterocycles. The van der Waals surface area contributed by atoms with Crippen LogP contribution < -0.4 is 4.90 Å². The molecule has 0 aromatic carbocycles. The average Bonchev–Trinajstić information content (AvgIpc) is 3.20. The van der Waals surface area contributed by atoms with Crippen LogP contribution in [0, 0.1) is 11.8 Å². The van der Waals surface area contributed by atoms with Crippen LogP contribution in [0.5, 0.6) is 0 Å². The first kappa shape index (κ1) is 14.5. The number of fused-ring (bicyclic) bond motifs is 1. The van der Waals surface area contributed by atoms with Crippen LogP contribution in [0.25, 0.3) is 0 Å². The SMILES string of the molecule is C1CC(Cn2nnnc2N2C[C@H]3CSC[C@H]3C2)OC2(C1)CCC2. The van der Waals surface area contributed by atoms with Gasteiger partial charge in [-0.2, -0.15) is 11.8 Å². The first-order valence-corrected chi connectivity index (χ1v) is 10.2. The van der Waals surface area contributed by atoms with E-state index >= 15 is 0 Å². The van der Waals surface area contributed by atoms with E-state index in [4.69, 9.17) is 4.74 Å². The van der Waals surface area contributed by atoms with Gasteiger partial charge in [-0.15, -0.1) is 0 Å². The Labute approximate surface area is 141 Å². The molecule has 7 heteroatoms. The fourth-order valence-corrected chi connectivity index (χ4v) is 6.28. The fraction of sp³-hybridized carbons (Fsp3) is 0.938. The molecule has 1 unspecified atom stereocenters. The van der Waals surface area contributed by atoms with Crippen molar-refractivity contribution in [2.75, 3.05) is 29.5 Å². The quantitative estimate of drug-likeness (QED) is 0.842. The molecule has 1 saturated carbocycles. The van der Waals surface area contributed by atoms with Gasteiger partial charge in [-0.3, -0.25) is 0 Å². The van der Waals surface area contributed by atoms with Crippen molar-refractivity contribution in [3.8, 4) is 0 Å². The lowest BCUT2D eigenvalue weighted by molar-refractivity contribution is -0.172. The summed E-state index contributed by atoms with van der Waals surface area (Å²) in [5, 5.41) is 12.6. The molecule has 0 amide bonds. The van der Waals surface area contributed by atoms with Crippen LogP contribution in [-0.4, -0.2) is 56.5 Å². The zero-order chi connectivity index (χ0) is 15.3. The number of tetrazole rings is 1. The molecule has 4 aliphatic rings. The fourth-order valence-electron chi connectivity index (χ4n) is 4.78. The molecule has 4 fully saturated rings. The Kier molecular flexibility index (Phi) is 3.55. The van der Waals surface area contributed by atoms with Crippen molar-refractivity contribution < 1.29 is 4.74 Å². The van der Waals surface area contributed by atoms with E-state index in [9.17, 15) is 0 Å². The molecule has 3 atom stereocenters. The van der Waals surface area contributed by atoms with Gasteiger partial charge in [-0.05, 0) is 72.3 Å². The van der Waals surface area contributed by atoms with Crippen LogP contribution in [-0.2, 0) is 11.3 Å². The van der Waals surface area contributed by atoms with E-state index in [1.807, 2.05) is 4.68 Å². The summed E-state index contributed by atoms with van der Waals surface area (Å²) in [6.45, 7) is 3.05. The van der Waals surface area contributed by atoms with E-state index in [0.29, 0.717) is 0 Å². The standard InChI is InChI=1S/C16H25N5OS/c1-3-14(22-16(4-1)5-2-6-16)9-21-15(17-18-19-21)20-7-12-10-23-11-13(12)8-20/h12-14H,1-11H2/t12-,13+,14?. The van der Waals surface area contributed by atoms with E-state index in [1.165, 1.54) is 43.6 Å². The van der Waals surface area contributed by atoms with Gasteiger partial charge in [-0.1, -0.05) is 5.10 Å². The number of hydrogen-bond donors (Lipinski definition) is 0. The Morgan fingerprint density at radius 3 is 2.65 bits per heavy atom. The highest BCUT2D eigenvalue weighted by atomic mass is 32.2. The molecule has 23 heavy (non-hydrogen) atoms. The van der Waals surface area contributed by atoms with Gasteiger partial charge in [-0.25, -0.2) is 4.68 Å². The lowest BCUT2D eigenvalue weighted by atomic mass is 9.74. The second-order valence-electron chi connectivity index (χ2n) is 7.79. The molecule has 1 spiro atoms. The Balaban J connectivity index is 1.28. The van der Waals surface area contributed by atoms with Crippen LogP contribution in [0.2, 0.25) is 0 Å². The van der Waals surface area contributed by atoms with Gasteiger partial charge in [0.1, 0.15) is 0 Å². The first-order valence-electron chi connectivity index (χ1n) is 9.08. The summed E-state index contributed by atoms with van der Waals surface area (Å²) in [7, 11) is 0. The van der Waals surface area contributed by atoms with Gasteiger partial charge >= 0.3 is 0 Å². The van der Waals surface area contributed by atoms with Gasteiger partial charge in [0, 0.05) is 13.1 Å². The molecular formula is C16H25N5OS. The minimum absolute atomic E-state index is 0.207. The highest BCUT2D eigenvalue weighted by molar-refractivity contribution is 7.99. The highest BCUT2D eigenvalue weighted by Gasteiger charge is 2.43. The molecule has 0 bridgehead atoms. The third-order valence-corrected chi connectivity index (χ3v) is 7.58.